The Balaban J connectivity index is 2.16. The Kier molecular flexibility index (Phi) is 4.29. The third-order valence-electron chi connectivity index (χ3n) is 3.44. The Hall–Kier alpha value is -1.93. The minimum atomic E-state index is -3.65. The highest BCUT2D eigenvalue weighted by molar-refractivity contribution is 7.89. The van der Waals surface area contributed by atoms with Crippen LogP contribution in [0.15, 0.2) is 24.3 Å². The van der Waals surface area contributed by atoms with Gasteiger partial charge in [-0.25, -0.2) is 18.4 Å². The maximum absolute atomic E-state index is 12.4. The summed E-state index contributed by atoms with van der Waals surface area (Å²) in [5.74, 6) is -1.63. The van der Waals surface area contributed by atoms with Gasteiger partial charge in [0.1, 0.15) is 0 Å². The van der Waals surface area contributed by atoms with Crippen LogP contribution in [0.3, 0.4) is 0 Å². The van der Waals surface area contributed by atoms with Crippen molar-refractivity contribution >= 4 is 21.9 Å². The van der Waals surface area contributed by atoms with Crippen molar-refractivity contribution in [2.45, 2.75) is 18.9 Å². The maximum Gasteiger partial charge on any atom is 0.335 e. The van der Waals surface area contributed by atoms with Gasteiger partial charge in [-0.15, -0.1) is 0 Å². The first-order valence-corrected chi connectivity index (χ1v) is 8.14. The van der Waals surface area contributed by atoms with Gasteiger partial charge in [0.15, 0.2) is 0 Å². The van der Waals surface area contributed by atoms with Crippen molar-refractivity contribution in [1.82, 2.24) is 4.90 Å². The number of hydrogen-bond donors (Lipinski definition) is 2. The monoisotopic (exact) mass is 312 g/mol. The van der Waals surface area contributed by atoms with Gasteiger partial charge in [0.25, 0.3) is 5.91 Å². The van der Waals surface area contributed by atoms with Crippen LogP contribution in [-0.2, 0) is 10.0 Å². The zero-order valence-corrected chi connectivity index (χ0v) is 12.0. The van der Waals surface area contributed by atoms with Crippen LogP contribution in [0.1, 0.15) is 33.6 Å². The lowest BCUT2D eigenvalue weighted by Gasteiger charge is -2.24. The van der Waals surface area contributed by atoms with Crippen molar-refractivity contribution in [3.8, 4) is 0 Å². The Morgan fingerprint density at radius 1 is 1.24 bits per heavy atom. The summed E-state index contributed by atoms with van der Waals surface area (Å²) in [6.07, 6.45) is 1.31. The van der Waals surface area contributed by atoms with Crippen LogP contribution in [0.4, 0.5) is 0 Å². The van der Waals surface area contributed by atoms with E-state index in [2.05, 4.69) is 0 Å². The largest absolute Gasteiger partial charge is 0.478 e. The number of aromatic carboxylic acids is 1. The molecule has 0 aliphatic carbocycles. The van der Waals surface area contributed by atoms with E-state index in [0.29, 0.717) is 18.5 Å². The van der Waals surface area contributed by atoms with Gasteiger partial charge in [0, 0.05) is 18.2 Å². The molecule has 1 aromatic carbocycles. The number of sulfonamides is 1. The number of nitrogens with two attached hydrogens (primary N) is 1. The molecule has 0 radical (unpaired) electrons. The summed E-state index contributed by atoms with van der Waals surface area (Å²) in [5.41, 5.74) is 0.426. The first-order chi connectivity index (χ1) is 9.78. The van der Waals surface area contributed by atoms with Crippen molar-refractivity contribution in [2.24, 2.45) is 5.14 Å². The van der Waals surface area contributed by atoms with E-state index in [9.17, 15) is 18.0 Å². The van der Waals surface area contributed by atoms with E-state index in [0.717, 1.165) is 6.42 Å². The minimum absolute atomic E-state index is 0.0917. The van der Waals surface area contributed by atoms with Crippen LogP contribution >= 0.6 is 0 Å². The molecule has 21 heavy (non-hydrogen) atoms. The fourth-order valence-electron chi connectivity index (χ4n) is 2.47. The number of nitrogens with zero attached hydrogens (tertiary/aromatic N) is 1. The number of rotatable bonds is 4. The summed E-state index contributed by atoms with van der Waals surface area (Å²) < 4.78 is 22.4. The topological polar surface area (TPSA) is 118 Å². The first-order valence-electron chi connectivity index (χ1n) is 6.43. The molecular weight excluding hydrogens is 296 g/mol. The molecule has 1 amide bonds. The predicted molar refractivity (Wildman–Crippen MR) is 75.4 cm³/mol. The van der Waals surface area contributed by atoms with Crippen LogP contribution in [0.2, 0.25) is 0 Å². The molecule has 1 heterocycles. The molecule has 3 N–H and O–H groups in total. The highest BCUT2D eigenvalue weighted by atomic mass is 32.2. The third kappa shape index (κ3) is 3.79. The summed E-state index contributed by atoms with van der Waals surface area (Å²) >= 11 is 0. The van der Waals surface area contributed by atoms with Gasteiger partial charge in [-0.2, -0.15) is 0 Å². The number of hydrogen-bond acceptors (Lipinski definition) is 4. The highest BCUT2D eigenvalue weighted by Crippen LogP contribution is 2.21. The Morgan fingerprint density at radius 2 is 1.81 bits per heavy atom. The van der Waals surface area contributed by atoms with Gasteiger partial charge in [-0.05, 0) is 37.1 Å². The lowest BCUT2D eigenvalue weighted by molar-refractivity contribution is 0.0693. The summed E-state index contributed by atoms with van der Waals surface area (Å²) in [4.78, 5) is 24.6. The molecule has 8 heteroatoms. The predicted octanol–water partition coefficient (Wildman–Crippen LogP) is 0.278. The molecule has 0 saturated carbocycles. The number of likely N-dealkylation sites (tertiary alicyclic amines) is 1. The van der Waals surface area contributed by atoms with Crippen LogP contribution in [0, 0.1) is 0 Å². The fourth-order valence-corrected chi connectivity index (χ4v) is 3.35. The molecular formula is C13H16N2O5S. The van der Waals surface area contributed by atoms with Gasteiger partial charge in [0.2, 0.25) is 10.0 Å². The lowest BCUT2D eigenvalue weighted by atomic mass is 10.1. The van der Waals surface area contributed by atoms with E-state index >= 15 is 0 Å². The van der Waals surface area contributed by atoms with E-state index in [4.69, 9.17) is 10.2 Å². The van der Waals surface area contributed by atoms with Gasteiger partial charge < -0.3 is 10.0 Å². The molecule has 1 aliphatic heterocycles. The summed E-state index contributed by atoms with van der Waals surface area (Å²) in [6.45, 7) is 0.472. The number of carboxylic acids is 1. The van der Waals surface area contributed by atoms with Gasteiger partial charge >= 0.3 is 5.97 Å². The van der Waals surface area contributed by atoms with Crippen molar-refractivity contribution < 1.29 is 23.1 Å². The highest BCUT2D eigenvalue weighted by Gasteiger charge is 2.31. The average Bonchev–Trinajstić information content (AvgIpc) is 2.83. The molecule has 1 fully saturated rings. The van der Waals surface area contributed by atoms with Crippen molar-refractivity contribution in [2.75, 3.05) is 12.3 Å². The molecule has 2 rings (SSSR count). The van der Waals surface area contributed by atoms with Crippen molar-refractivity contribution in [1.29, 1.82) is 0 Å². The summed E-state index contributed by atoms with van der Waals surface area (Å²) in [5, 5.41) is 13.9. The zero-order chi connectivity index (χ0) is 15.6. The third-order valence-corrected chi connectivity index (χ3v) is 4.29. The van der Waals surface area contributed by atoms with E-state index < -0.39 is 22.0 Å². The van der Waals surface area contributed by atoms with Gasteiger partial charge in [-0.3, -0.25) is 4.79 Å². The minimum Gasteiger partial charge on any atom is -0.478 e. The summed E-state index contributed by atoms with van der Waals surface area (Å²) in [7, 11) is -3.65. The summed E-state index contributed by atoms with van der Waals surface area (Å²) in [6, 6.07) is 5.13. The molecule has 1 atom stereocenters. The lowest BCUT2D eigenvalue weighted by Crippen LogP contribution is -2.41. The van der Waals surface area contributed by atoms with Gasteiger partial charge in [-0.1, -0.05) is 0 Å². The van der Waals surface area contributed by atoms with Crippen LogP contribution in [-0.4, -0.2) is 48.6 Å². The van der Waals surface area contributed by atoms with Crippen molar-refractivity contribution in [3.05, 3.63) is 35.4 Å². The number of carboxylic acid groups (broad SMARTS) is 1. The number of carbonyl (C=O) groups is 2. The first kappa shape index (κ1) is 15.5. The second-order valence-corrected chi connectivity index (χ2v) is 6.67. The maximum atomic E-state index is 12.4. The Labute approximate surface area is 122 Å². The average molecular weight is 312 g/mol. The van der Waals surface area contributed by atoms with E-state index in [1.165, 1.54) is 29.2 Å². The molecule has 0 bridgehead atoms. The zero-order valence-electron chi connectivity index (χ0n) is 11.2. The number of carbonyl (C=O) groups excluding carboxylic acids is 1. The van der Waals surface area contributed by atoms with Gasteiger partial charge in [0.05, 0.1) is 11.3 Å². The SMILES string of the molecule is NS(=O)(=O)CC1CCCN1C(=O)c1ccc(C(=O)O)cc1. The second-order valence-electron chi connectivity index (χ2n) is 5.01. The standard InChI is InChI=1S/C13H16N2O5S/c14-21(19,20)8-11-2-1-7-15(11)12(16)9-3-5-10(6-4-9)13(17)18/h3-6,11H,1-2,7-8H2,(H,17,18)(H2,14,19,20). The second kappa shape index (κ2) is 5.82. The Bertz CT molecular complexity index is 654. The molecule has 7 nitrogen and oxygen atoms in total. The van der Waals surface area contributed by atoms with E-state index in [1.807, 2.05) is 0 Å². The fraction of sp³-hybridized carbons (Fsp3) is 0.385. The Morgan fingerprint density at radius 3 is 2.33 bits per heavy atom. The smallest absolute Gasteiger partial charge is 0.335 e. The molecule has 114 valence electrons. The molecule has 1 unspecified atom stereocenters. The molecule has 1 saturated heterocycles. The van der Waals surface area contributed by atoms with E-state index in [-0.39, 0.29) is 17.2 Å². The van der Waals surface area contributed by atoms with Crippen LogP contribution < -0.4 is 5.14 Å². The van der Waals surface area contributed by atoms with Crippen molar-refractivity contribution in [3.63, 3.8) is 0 Å². The number of benzene rings is 1. The normalized spacial score (nSPS) is 18.7. The van der Waals surface area contributed by atoms with Crippen LogP contribution in [0.25, 0.3) is 0 Å². The van der Waals surface area contributed by atoms with Crippen LogP contribution in [0.5, 0.6) is 0 Å². The number of primary sulfonamides is 1. The molecule has 0 aromatic heterocycles. The molecule has 1 aliphatic rings. The molecule has 1 aromatic rings. The quantitative estimate of drug-likeness (QED) is 0.828. The van der Waals surface area contributed by atoms with E-state index in [1.54, 1.807) is 0 Å². The number of amides is 1. The molecule has 0 spiro atoms.